The smallest absolute Gasteiger partial charge is 0.178 e. The molecule has 0 radical (unpaired) electrons. The Morgan fingerprint density at radius 1 is 1.88 bits per heavy atom. The number of nitrogens with one attached hydrogen (secondary N) is 1. The van der Waals surface area contributed by atoms with Crippen LogP contribution in [0.5, 0.6) is 0 Å². The summed E-state index contributed by atoms with van der Waals surface area (Å²) < 4.78 is 0. The maximum atomic E-state index is 5.15. The topological polar surface area (TPSA) is 41.3 Å². The first kappa shape index (κ1) is 7.65. The van der Waals surface area contributed by atoms with Gasteiger partial charge in [0.2, 0.25) is 0 Å². The summed E-state index contributed by atoms with van der Waals surface area (Å²) in [6.45, 7) is 2.89. The molecule has 0 aromatic rings. The fourth-order valence-corrected chi connectivity index (χ4v) is 0.423. The van der Waals surface area contributed by atoms with Crippen LogP contribution >= 0.6 is 12.2 Å². The van der Waals surface area contributed by atoms with Gasteiger partial charge in [-0.25, -0.2) is 5.01 Å². The molecule has 48 valence electrons. The Bertz CT molecular complexity index is 83.4. The molecule has 0 saturated carbocycles. The number of nitrogens with zero attached hydrogens (tertiary/aromatic N) is 1. The van der Waals surface area contributed by atoms with Gasteiger partial charge in [-0.05, 0) is 12.2 Å². The quantitative estimate of drug-likeness (QED) is 0.400. The summed E-state index contributed by atoms with van der Waals surface area (Å²) >= 11 is 4.56. The van der Waals surface area contributed by atoms with Crippen molar-refractivity contribution in [2.75, 3.05) is 13.6 Å². The number of rotatable bonds is 2. The van der Waals surface area contributed by atoms with E-state index in [2.05, 4.69) is 17.6 Å². The van der Waals surface area contributed by atoms with E-state index in [1.807, 2.05) is 19.0 Å². The molecule has 0 aliphatic rings. The van der Waals surface area contributed by atoms with Crippen molar-refractivity contribution in [1.82, 2.24) is 10.4 Å². The third-order valence-electron chi connectivity index (χ3n) is 0.775. The van der Waals surface area contributed by atoms with Crippen LogP contribution < -0.4 is 11.2 Å². The summed E-state index contributed by atoms with van der Waals surface area (Å²) in [4.78, 5) is 0. The lowest BCUT2D eigenvalue weighted by Crippen LogP contribution is -2.41. The van der Waals surface area contributed by atoms with Crippen LogP contribution in [0.15, 0.2) is 0 Å². The van der Waals surface area contributed by atoms with E-state index in [9.17, 15) is 0 Å². The molecule has 4 heteroatoms. The van der Waals surface area contributed by atoms with Gasteiger partial charge >= 0.3 is 0 Å². The van der Waals surface area contributed by atoms with Crippen molar-refractivity contribution >= 4 is 17.3 Å². The minimum Gasteiger partial charge on any atom is -0.375 e. The molecule has 0 saturated heterocycles. The Morgan fingerprint density at radius 3 is 2.50 bits per heavy atom. The number of thiocarbonyl (C=S) groups is 1. The maximum absolute atomic E-state index is 5.15. The van der Waals surface area contributed by atoms with Crippen molar-refractivity contribution in [3.8, 4) is 0 Å². The fourth-order valence-electron chi connectivity index (χ4n) is 0.267. The molecule has 8 heavy (non-hydrogen) atoms. The predicted molar refractivity (Wildman–Crippen MR) is 38.2 cm³/mol. The first-order valence-electron chi connectivity index (χ1n) is 2.44. The molecule has 0 fully saturated rings. The lowest BCUT2D eigenvalue weighted by molar-refractivity contribution is 0.310. The van der Waals surface area contributed by atoms with Crippen molar-refractivity contribution in [3.05, 3.63) is 0 Å². The Hall–Kier alpha value is -0.350. The average molecular weight is 133 g/mol. The molecule has 0 unspecified atom stereocenters. The van der Waals surface area contributed by atoms with Crippen LogP contribution in [0.25, 0.3) is 0 Å². The summed E-state index contributed by atoms with van der Waals surface area (Å²) in [6.07, 6.45) is 0. The Kier molecular flexibility index (Phi) is 3.47. The molecule has 0 aliphatic heterocycles. The molecule has 0 heterocycles. The zero-order chi connectivity index (χ0) is 6.57. The van der Waals surface area contributed by atoms with Gasteiger partial charge in [-0.2, -0.15) is 0 Å². The van der Waals surface area contributed by atoms with E-state index in [0.29, 0.717) is 5.11 Å². The Morgan fingerprint density at radius 2 is 2.38 bits per heavy atom. The average Bonchev–Trinajstić information content (AvgIpc) is 1.65. The number of hydrogen-bond acceptors (Lipinski definition) is 2. The van der Waals surface area contributed by atoms with Crippen molar-refractivity contribution in [2.24, 2.45) is 5.73 Å². The molecule has 0 spiro atoms. The van der Waals surface area contributed by atoms with E-state index >= 15 is 0 Å². The molecule has 0 aromatic carbocycles. The van der Waals surface area contributed by atoms with Gasteiger partial charge in [-0.3, -0.25) is 5.43 Å². The molecule has 0 bridgehead atoms. The van der Waals surface area contributed by atoms with E-state index < -0.39 is 0 Å². The molecular weight excluding hydrogens is 122 g/mol. The monoisotopic (exact) mass is 133 g/mol. The van der Waals surface area contributed by atoms with Crippen molar-refractivity contribution in [1.29, 1.82) is 0 Å². The van der Waals surface area contributed by atoms with Crippen LogP contribution in [0, 0.1) is 0 Å². The van der Waals surface area contributed by atoms with Crippen molar-refractivity contribution in [3.63, 3.8) is 0 Å². The number of hydrogen-bond donors (Lipinski definition) is 2. The largest absolute Gasteiger partial charge is 0.375 e. The molecule has 0 aromatic heterocycles. The van der Waals surface area contributed by atoms with Gasteiger partial charge in [-0.1, -0.05) is 6.92 Å². The van der Waals surface area contributed by atoms with Gasteiger partial charge in [-0.15, -0.1) is 0 Å². The summed E-state index contributed by atoms with van der Waals surface area (Å²) in [5, 5.41) is 2.12. The van der Waals surface area contributed by atoms with Crippen LogP contribution in [-0.2, 0) is 0 Å². The minimum atomic E-state index is 0.314. The van der Waals surface area contributed by atoms with Gasteiger partial charge in [0.05, 0.1) is 0 Å². The molecule has 0 rings (SSSR count). The van der Waals surface area contributed by atoms with Gasteiger partial charge in [0.25, 0.3) is 0 Å². The van der Waals surface area contributed by atoms with E-state index in [1.54, 1.807) is 0 Å². The fraction of sp³-hybridized carbons (Fsp3) is 0.750. The standard InChI is InChI=1S/C4H11N3S/c1-3-7(2)6-4(5)8/h3H2,1-2H3,(H3,5,6,8). The highest BCUT2D eigenvalue weighted by molar-refractivity contribution is 7.80. The normalized spacial score (nSPS) is 9.38. The molecular formula is C4H11N3S. The lowest BCUT2D eigenvalue weighted by Gasteiger charge is -2.14. The van der Waals surface area contributed by atoms with Gasteiger partial charge in [0.15, 0.2) is 5.11 Å². The third kappa shape index (κ3) is 3.83. The van der Waals surface area contributed by atoms with E-state index in [1.165, 1.54) is 0 Å². The second-order valence-electron chi connectivity index (χ2n) is 1.49. The SMILES string of the molecule is CCN(C)NC(N)=S. The first-order valence-corrected chi connectivity index (χ1v) is 2.85. The van der Waals surface area contributed by atoms with Crippen LogP contribution in [0.3, 0.4) is 0 Å². The van der Waals surface area contributed by atoms with E-state index in [-0.39, 0.29) is 0 Å². The van der Waals surface area contributed by atoms with Crippen LogP contribution in [0.2, 0.25) is 0 Å². The highest BCUT2D eigenvalue weighted by Crippen LogP contribution is 1.69. The van der Waals surface area contributed by atoms with Crippen LogP contribution in [-0.4, -0.2) is 23.7 Å². The molecule has 0 amide bonds. The Labute approximate surface area is 54.8 Å². The van der Waals surface area contributed by atoms with E-state index in [4.69, 9.17) is 5.73 Å². The second kappa shape index (κ2) is 3.63. The molecule has 3 N–H and O–H groups in total. The summed E-state index contributed by atoms with van der Waals surface area (Å²) in [7, 11) is 1.87. The maximum Gasteiger partial charge on any atom is 0.178 e. The summed E-state index contributed by atoms with van der Waals surface area (Å²) in [6, 6.07) is 0. The van der Waals surface area contributed by atoms with Crippen LogP contribution in [0.4, 0.5) is 0 Å². The summed E-state index contributed by atoms with van der Waals surface area (Å²) in [5.41, 5.74) is 7.88. The highest BCUT2D eigenvalue weighted by Gasteiger charge is 1.89. The van der Waals surface area contributed by atoms with E-state index in [0.717, 1.165) is 6.54 Å². The summed E-state index contributed by atoms with van der Waals surface area (Å²) in [5.74, 6) is 0. The number of nitrogens with two attached hydrogens (primary N) is 1. The molecule has 0 aliphatic carbocycles. The lowest BCUT2D eigenvalue weighted by atomic mass is 10.7. The van der Waals surface area contributed by atoms with Crippen LogP contribution in [0.1, 0.15) is 6.92 Å². The Balaban J connectivity index is 3.24. The molecule has 3 nitrogen and oxygen atoms in total. The van der Waals surface area contributed by atoms with Gasteiger partial charge in [0, 0.05) is 13.6 Å². The zero-order valence-electron chi connectivity index (χ0n) is 5.14. The molecule has 0 atom stereocenters. The second-order valence-corrected chi connectivity index (χ2v) is 1.93. The predicted octanol–water partition coefficient (Wildman–Crippen LogP) is -0.314. The van der Waals surface area contributed by atoms with Crippen molar-refractivity contribution < 1.29 is 0 Å². The minimum absolute atomic E-state index is 0.314. The van der Waals surface area contributed by atoms with Gasteiger partial charge < -0.3 is 5.73 Å². The first-order chi connectivity index (χ1) is 3.66. The zero-order valence-corrected chi connectivity index (χ0v) is 5.96. The number of hydrazine groups is 1. The highest BCUT2D eigenvalue weighted by atomic mass is 32.1. The van der Waals surface area contributed by atoms with Gasteiger partial charge in [0.1, 0.15) is 0 Å². The van der Waals surface area contributed by atoms with Crippen molar-refractivity contribution in [2.45, 2.75) is 6.92 Å². The third-order valence-corrected chi connectivity index (χ3v) is 0.867.